The molecule has 1 aromatic carbocycles. The van der Waals surface area contributed by atoms with Crippen molar-refractivity contribution in [3.8, 4) is 17.1 Å². The lowest BCUT2D eigenvalue weighted by molar-refractivity contribution is 0.177. The Hall–Kier alpha value is -2.04. The molecule has 2 rings (SSSR count). The minimum absolute atomic E-state index is 0.0526. The molecule has 2 atom stereocenters. The van der Waals surface area contributed by atoms with Crippen molar-refractivity contribution in [2.45, 2.75) is 129 Å². The molecule has 1 heterocycles. The second-order valence-electron chi connectivity index (χ2n) is 10.1. The van der Waals surface area contributed by atoms with E-state index in [2.05, 4.69) is 48.1 Å². The van der Waals surface area contributed by atoms with Gasteiger partial charge in [0.25, 0.3) is 0 Å². The molecule has 0 bridgehead atoms. The summed E-state index contributed by atoms with van der Waals surface area (Å²) in [5.41, 5.74) is 2.31. The van der Waals surface area contributed by atoms with Gasteiger partial charge in [0.2, 0.25) is 0 Å². The maximum Gasteiger partial charge on any atom is 0.159 e. The number of ether oxygens (including phenoxy) is 1. The molecule has 2 aromatic rings. The molecule has 5 heteroatoms. The molecule has 0 amide bonds. The zero-order valence-electron chi connectivity index (χ0n) is 22.7. The second kappa shape index (κ2) is 19.1. The van der Waals surface area contributed by atoms with Gasteiger partial charge in [-0.25, -0.2) is 18.7 Å². The summed E-state index contributed by atoms with van der Waals surface area (Å²) >= 11 is 0. The zero-order chi connectivity index (χ0) is 25.8. The fourth-order valence-corrected chi connectivity index (χ4v) is 4.41. The van der Waals surface area contributed by atoms with E-state index in [9.17, 15) is 8.78 Å². The van der Waals surface area contributed by atoms with Gasteiger partial charge in [-0.2, -0.15) is 0 Å². The van der Waals surface area contributed by atoms with E-state index in [4.69, 9.17) is 4.74 Å². The highest BCUT2D eigenvalue weighted by Crippen LogP contribution is 2.20. The molecule has 0 aliphatic carbocycles. The summed E-state index contributed by atoms with van der Waals surface area (Å²) in [5, 5.41) is 0. The fourth-order valence-electron chi connectivity index (χ4n) is 4.41. The minimum atomic E-state index is -1.11. The van der Waals surface area contributed by atoms with Crippen LogP contribution in [0.15, 0.2) is 36.7 Å². The number of nitrogens with zero attached hydrogens (tertiary/aromatic N) is 2. The smallest absolute Gasteiger partial charge is 0.159 e. The molecule has 2 unspecified atom stereocenters. The van der Waals surface area contributed by atoms with Gasteiger partial charge < -0.3 is 4.74 Å². The van der Waals surface area contributed by atoms with Gasteiger partial charge in [0, 0.05) is 5.56 Å². The standard InChI is InChI=1S/C31H48F2N2O/c1-3-5-7-8-9-10-11-13-15-26-19-21-27(22-20-26)31-34-23-30(24-35-31)36-25-29(33)18-14-17-28(32)16-12-6-4-2/h19-24,28-29H,3-18,25H2,1-2H3. The Balaban J connectivity index is 1.63. The van der Waals surface area contributed by atoms with Gasteiger partial charge in [0.05, 0.1) is 12.4 Å². The van der Waals surface area contributed by atoms with Crippen LogP contribution >= 0.6 is 0 Å². The summed E-state index contributed by atoms with van der Waals surface area (Å²) in [6.07, 6.45) is 18.0. The van der Waals surface area contributed by atoms with E-state index in [-0.39, 0.29) is 6.61 Å². The molecule has 0 saturated heterocycles. The van der Waals surface area contributed by atoms with Crippen molar-refractivity contribution in [1.29, 1.82) is 0 Å². The van der Waals surface area contributed by atoms with E-state index in [0.29, 0.717) is 37.3 Å². The van der Waals surface area contributed by atoms with Crippen molar-refractivity contribution in [3.63, 3.8) is 0 Å². The van der Waals surface area contributed by atoms with Gasteiger partial charge in [-0.05, 0) is 44.1 Å². The number of unbranched alkanes of at least 4 members (excludes halogenated alkanes) is 9. The lowest BCUT2D eigenvalue weighted by Crippen LogP contribution is -2.14. The van der Waals surface area contributed by atoms with Crippen molar-refractivity contribution in [1.82, 2.24) is 9.97 Å². The summed E-state index contributed by atoms with van der Waals surface area (Å²) in [6.45, 7) is 4.31. The van der Waals surface area contributed by atoms with E-state index in [1.807, 2.05) is 0 Å². The predicted molar refractivity (Wildman–Crippen MR) is 147 cm³/mol. The zero-order valence-corrected chi connectivity index (χ0v) is 22.7. The van der Waals surface area contributed by atoms with Crippen molar-refractivity contribution >= 4 is 0 Å². The van der Waals surface area contributed by atoms with E-state index in [1.165, 1.54) is 56.9 Å². The highest BCUT2D eigenvalue weighted by atomic mass is 19.1. The van der Waals surface area contributed by atoms with Crippen molar-refractivity contribution < 1.29 is 13.5 Å². The SMILES string of the molecule is CCCCCCCCCCc1ccc(-c2ncc(OCC(F)CCCC(F)CCCCC)cn2)cc1. The molecule has 0 N–H and O–H groups in total. The molecule has 0 aliphatic rings. The van der Waals surface area contributed by atoms with E-state index >= 15 is 0 Å². The second-order valence-corrected chi connectivity index (χ2v) is 10.1. The molecule has 0 spiro atoms. The number of benzene rings is 1. The van der Waals surface area contributed by atoms with Gasteiger partial charge in [-0.15, -0.1) is 0 Å². The van der Waals surface area contributed by atoms with Crippen LogP contribution in [0, 0.1) is 0 Å². The van der Waals surface area contributed by atoms with Crippen LogP contribution in [0.5, 0.6) is 5.75 Å². The first-order valence-electron chi connectivity index (χ1n) is 14.4. The predicted octanol–water partition coefficient (Wildman–Crippen LogP) is 9.63. The van der Waals surface area contributed by atoms with Crippen molar-refractivity contribution in [3.05, 3.63) is 42.2 Å². The molecule has 36 heavy (non-hydrogen) atoms. The summed E-state index contributed by atoms with van der Waals surface area (Å²) < 4.78 is 33.4. The first-order valence-corrected chi connectivity index (χ1v) is 14.4. The van der Waals surface area contributed by atoms with Crippen LogP contribution in [-0.4, -0.2) is 28.9 Å². The Morgan fingerprint density at radius 2 is 1.22 bits per heavy atom. The molecule has 0 fully saturated rings. The van der Waals surface area contributed by atoms with Gasteiger partial charge in [0.1, 0.15) is 19.0 Å². The molecule has 0 saturated carbocycles. The number of aryl methyl sites for hydroxylation is 1. The molecular formula is C31H48F2N2O. The van der Waals surface area contributed by atoms with Crippen molar-refractivity contribution in [2.24, 2.45) is 0 Å². The largest absolute Gasteiger partial charge is 0.487 e. The number of hydrogen-bond acceptors (Lipinski definition) is 3. The quantitative estimate of drug-likeness (QED) is 0.159. The Kier molecular flexibility index (Phi) is 16.0. The average molecular weight is 503 g/mol. The number of aromatic nitrogens is 2. The van der Waals surface area contributed by atoms with Crippen LogP contribution in [0.2, 0.25) is 0 Å². The topological polar surface area (TPSA) is 35.0 Å². The molecule has 202 valence electrons. The first-order chi connectivity index (χ1) is 17.6. The fraction of sp³-hybridized carbons (Fsp3) is 0.677. The summed E-state index contributed by atoms with van der Waals surface area (Å²) in [4.78, 5) is 8.77. The maximum absolute atomic E-state index is 14.1. The molecule has 0 aliphatic heterocycles. The Morgan fingerprint density at radius 3 is 1.89 bits per heavy atom. The summed E-state index contributed by atoms with van der Waals surface area (Å²) in [5.74, 6) is 1.09. The lowest BCUT2D eigenvalue weighted by atomic mass is 10.0. The molecule has 0 radical (unpaired) electrons. The average Bonchev–Trinajstić information content (AvgIpc) is 2.90. The third-order valence-corrected chi connectivity index (χ3v) is 6.75. The Bertz CT molecular complexity index is 782. The van der Waals surface area contributed by atoms with E-state index in [1.54, 1.807) is 12.4 Å². The van der Waals surface area contributed by atoms with Gasteiger partial charge >= 0.3 is 0 Å². The Labute approximate surface area is 218 Å². The monoisotopic (exact) mass is 502 g/mol. The molecule has 3 nitrogen and oxygen atoms in total. The molecular weight excluding hydrogens is 454 g/mol. The number of alkyl halides is 2. The van der Waals surface area contributed by atoms with E-state index in [0.717, 1.165) is 31.2 Å². The van der Waals surface area contributed by atoms with Crippen LogP contribution in [0.3, 0.4) is 0 Å². The maximum atomic E-state index is 14.1. The number of rotatable bonds is 21. The number of halogens is 2. The van der Waals surface area contributed by atoms with Gasteiger partial charge in [-0.1, -0.05) is 102 Å². The van der Waals surface area contributed by atoms with Crippen molar-refractivity contribution in [2.75, 3.05) is 6.61 Å². The number of hydrogen-bond donors (Lipinski definition) is 0. The van der Waals surface area contributed by atoms with Crippen LogP contribution in [0.1, 0.15) is 116 Å². The van der Waals surface area contributed by atoms with Crippen LogP contribution in [0.25, 0.3) is 11.4 Å². The van der Waals surface area contributed by atoms with E-state index < -0.39 is 12.3 Å². The normalized spacial score (nSPS) is 13.0. The van der Waals surface area contributed by atoms with Gasteiger partial charge in [-0.3, -0.25) is 0 Å². The Morgan fingerprint density at radius 1 is 0.667 bits per heavy atom. The summed E-state index contributed by atoms with van der Waals surface area (Å²) in [7, 11) is 0. The lowest BCUT2D eigenvalue weighted by Gasteiger charge is -2.12. The third kappa shape index (κ3) is 13.3. The van der Waals surface area contributed by atoms with Crippen LogP contribution < -0.4 is 4.74 Å². The van der Waals surface area contributed by atoms with Gasteiger partial charge in [0.15, 0.2) is 11.6 Å². The highest BCUT2D eigenvalue weighted by Gasteiger charge is 2.12. The van der Waals surface area contributed by atoms with Crippen LogP contribution in [-0.2, 0) is 6.42 Å². The third-order valence-electron chi connectivity index (χ3n) is 6.75. The van der Waals surface area contributed by atoms with Crippen LogP contribution in [0.4, 0.5) is 8.78 Å². The highest BCUT2D eigenvalue weighted by molar-refractivity contribution is 5.55. The first kappa shape index (κ1) is 30.2. The summed E-state index contributed by atoms with van der Waals surface area (Å²) in [6, 6.07) is 8.44. The minimum Gasteiger partial charge on any atom is -0.487 e. The molecule has 1 aromatic heterocycles.